The Morgan fingerprint density at radius 2 is 1.68 bits per heavy atom. The normalized spacial score (nSPS) is 10.6. The fraction of sp³-hybridized carbons (Fsp3) is 0.115. The van der Waals surface area contributed by atoms with Gasteiger partial charge < -0.3 is 20.5 Å². The van der Waals surface area contributed by atoms with E-state index in [2.05, 4.69) is 20.7 Å². The molecule has 0 saturated heterocycles. The number of phenols is 1. The number of aryl methyl sites for hydroxylation is 1. The molecule has 4 aromatic rings. The van der Waals surface area contributed by atoms with Crippen LogP contribution in [0.2, 0.25) is 10.0 Å². The Kier molecular flexibility index (Phi) is 7.94. The molecule has 0 fully saturated rings. The number of nitrogens with zero attached hydrogens (tertiary/aromatic N) is 3. The van der Waals surface area contributed by atoms with Gasteiger partial charge in [-0.3, -0.25) is 9.78 Å². The number of pyridine rings is 1. The summed E-state index contributed by atoms with van der Waals surface area (Å²) < 4.78 is 5.96. The van der Waals surface area contributed by atoms with Crippen molar-refractivity contribution < 1.29 is 19.4 Å². The average Bonchev–Trinajstić information content (AvgIpc) is 2.92. The molecule has 0 spiro atoms. The van der Waals surface area contributed by atoms with E-state index in [0.29, 0.717) is 16.8 Å². The van der Waals surface area contributed by atoms with Gasteiger partial charge in [-0.1, -0.05) is 47.5 Å². The highest BCUT2D eigenvalue weighted by Crippen LogP contribution is 2.30. The van der Waals surface area contributed by atoms with E-state index in [1.807, 2.05) is 6.07 Å². The van der Waals surface area contributed by atoms with Gasteiger partial charge >= 0.3 is 12.0 Å². The Bertz CT molecular complexity index is 1590. The van der Waals surface area contributed by atoms with E-state index < -0.39 is 17.6 Å². The first-order chi connectivity index (χ1) is 18.2. The molecule has 0 radical (unpaired) electrons. The number of halogens is 2. The Morgan fingerprint density at radius 3 is 2.37 bits per heavy atom. The molecule has 0 atom stereocenters. The molecule has 2 aromatic carbocycles. The maximum Gasteiger partial charge on any atom is 0.341 e. The summed E-state index contributed by atoms with van der Waals surface area (Å²) in [5, 5.41) is 19.8. The first-order valence-corrected chi connectivity index (χ1v) is 12.0. The number of carbonyl (C=O) groups excluding carboxylic acids is 2. The Balaban J connectivity index is 1.69. The SMILES string of the molecule is CCn1nc(-c2cccc(-c3ccc(O)c(C(=O)OC)c3)c2)cc(NC(=O)Nc2c(Cl)cncc2Cl)c1=O. The molecule has 0 aliphatic rings. The fourth-order valence-electron chi connectivity index (χ4n) is 3.63. The molecule has 4 rings (SSSR count). The standard InChI is InChI=1S/C26H21Cl2N5O5/c1-3-33-24(35)21(30-26(37)31-23-18(27)12-29-13-19(23)28)11-20(32-33)16-6-4-5-14(9-16)15-7-8-22(34)17(10-15)25(36)38-2/h4-13,34H,3H2,1-2H3,(H2,29,30,31,37). The summed E-state index contributed by atoms with van der Waals surface area (Å²) >= 11 is 12.1. The highest BCUT2D eigenvalue weighted by atomic mass is 35.5. The van der Waals surface area contributed by atoms with E-state index in [1.165, 1.54) is 42.4 Å². The molecule has 0 aliphatic carbocycles. The molecule has 0 unspecified atom stereocenters. The lowest BCUT2D eigenvalue weighted by atomic mass is 9.99. The van der Waals surface area contributed by atoms with Gasteiger partial charge in [-0.05, 0) is 42.3 Å². The summed E-state index contributed by atoms with van der Waals surface area (Å²) in [5.74, 6) is -0.864. The Hall–Kier alpha value is -4.41. The topological polar surface area (TPSA) is 135 Å². The molecule has 10 nitrogen and oxygen atoms in total. The lowest BCUT2D eigenvalue weighted by Crippen LogP contribution is -2.29. The van der Waals surface area contributed by atoms with Crippen LogP contribution in [0.25, 0.3) is 22.4 Å². The van der Waals surface area contributed by atoms with Crippen LogP contribution >= 0.6 is 23.2 Å². The number of hydrogen-bond acceptors (Lipinski definition) is 7. The average molecular weight is 554 g/mol. The maximum atomic E-state index is 12.9. The van der Waals surface area contributed by atoms with Gasteiger partial charge in [-0.2, -0.15) is 5.10 Å². The molecule has 0 bridgehead atoms. The van der Waals surface area contributed by atoms with E-state index in [0.717, 1.165) is 5.56 Å². The van der Waals surface area contributed by atoms with Crippen LogP contribution in [-0.2, 0) is 11.3 Å². The Labute approximate surface area is 226 Å². The molecule has 38 heavy (non-hydrogen) atoms. The molecular weight excluding hydrogens is 533 g/mol. The van der Waals surface area contributed by atoms with Crippen molar-refractivity contribution in [2.75, 3.05) is 17.7 Å². The van der Waals surface area contributed by atoms with Crippen LogP contribution in [0.1, 0.15) is 17.3 Å². The summed E-state index contributed by atoms with van der Waals surface area (Å²) in [5.41, 5.74) is 2.08. The van der Waals surface area contributed by atoms with Crippen LogP contribution in [0.3, 0.4) is 0 Å². The number of hydrogen-bond donors (Lipinski definition) is 3. The van der Waals surface area contributed by atoms with Gasteiger partial charge in [-0.25, -0.2) is 14.3 Å². The number of amides is 2. The van der Waals surface area contributed by atoms with Crippen LogP contribution in [0, 0.1) is 0 Å². The van der Waals surface area contributed by atoms with E-state index in [4.69, 9.17) is 27.9 Å². The van der Waals surface area contributed by atoms with Gasteiger partial charge in [0.05, 0.1) is 28.5 Å². The molecular formula is C26H21Cl2N5O5. The van der Waals surface area contributed by atoms with Gasteiger partial charge in [0.1, 0.15) is 17.0 Å². The third-order valence-electron chi connectivity index (χ3n) is 5.51. The number of rotatable bonds is 6. The minimum absolute atomic E-state index is 0.0151. The lowest BCUT2D eigenvalue weighted by molar-refractivity contribution is 0.0597. The smallest absolute Gasteiger partial charge is 0.341 e. The van der Waals surface area contributed by atoms with Crippen molar-refractivity contribution in [3.63, 3.8) is 0 Å². The first-order valence-electron chi connectivity index (χ1n) is 11.2. The quantitative estimate of drug-likeness (QED) is 0.270. The summed E-state index contributed by atoms with van der Waals surface area (Å²) in [4.78, 5) is 41.4. The number of phenolic OH excluding ortho intramolecular Hbond substituents is 1. The number of anilines is 2. The van der Waals surface area contributed by atoms with Crippen molar-refractivity contribution in [2.45, 2.75) is 13.5 Å². The second-order valence-electron chi connectivity index (χ2n) is 7.93. The van der Waals surface area contributed by atoms with Crippen molar-refractivity contribution in [3.05, 3.63) is 86.9 Å². The number of aromatic hydroxyl groups is 1. The molecule has 194 valence electrons. The number of carbonyl (C=O) groups is 2. The zero-order chi connectivity index (χ0) is 27.4. The third kappa shape index (κ3) is 5.61. The number of methoxy groups -OCH3 is 1. The van der Waals surface area contributed by atoms with E-state index >= 15 is 0 Å². The minimum atomic E-state index is -0.731. The molecule has 0 saturated carbocycles. The van der Waals surface area contributed by atoms with Crippen molar-refractivity contribution >= 4 is 46.6 Å². The summed E-state index contributed by atoms with van der Waals surface area (Å²) in [6, 6.07) is 12.5. The fourth-order valence-corrected chi connectivity index (χ4v) is 4.09. The van der Waals surface area contributed by atoms with Gasteiger partial charge in [0.25, 0.3) is 5.56 Å². The van der Waals surface area contributed by atoms with Gasteiger partial charge in [0, 0.05) is 24.5 Å². The highest BCUT2D eigenvalue weighted by molar-refractivity contribution is 6.39. The molecule has 2 heterocycles. The molecule has 0 aliphatic heterocycles. The van der Waals surface area contributed by atoms with E-state index in [1.54, 1.807) is 31.2 Å². The van der Waals surface area contributed by atoms with Crippen molar-refractivity contribution in [2.24, 2.45) is 0 Å². The number of nitrogens with one attached hydrogen (secondary N) is 2. The molecule has 2 aromatic heterocycles. The molecule has 2 amide bonds. The van der Waals surface area contributed by atoms with Crippen molar-refractivity contribution in [3.8, 4) is 28.1 Å². The predicted molar refractivity (Wildman–Crippen MR) is 145 cm³/mol. The number of esters is 1. The number of urea groups is 1. The summed E-state index contributed by atoms with van der Waals surface area (Å²) in [6.45, 7) is 2.00. The highest BCUT2D eigenvalue weighted by Gasteiger charge is 2.16. The first kappa shape index (κ1) is 26.6. The van der Waals surface area contributed by atoms with Crippen molar-refractivity contribution in [1.82, 2.24) is 14.8 Å². The molecule has 12 heteroatoms. The van der Waals surface area contributed by atoms with Crippen LogP contribution in [0.5, 0.6) is 5.75 Å². The summed E-state index contributed by atoms with van der Waals surface area (Å²) in [7, 11) is 1.23. The zero-order valence-electron chi connectivity index (χ0n) is 20.2. The third-order valence-corrected chi connectivity index (χ3v) is 6.08. The van der Waals surface area contributed by atoms with Crippen molar-refractivity contribution in [1.29, 1.82) is 0 Å². The van der Waals surface area contributed by atoms with Gasteiger partial charge in [0.15, 0.2) is 0 Å². The van der Waals surface area contributed by atoms with Crippen LogP contribution < -0.4 is 16.2 Å². The molecule has 3 N–H and O–H groups in total. The predicted octanol–water partition coefficient (Wildman–Crippen LogP) is 5.44. The Morgan fingerprint density at radius 1 is 1.00 bits per heavy atom. The van der Waals surface area contributed by atoms with Crippen LogP contribution in [0.4, 0.5) is 16.2 Å². The number of aromatic nitrogens is 3. The number of benzene rings is 2. The number of ether oxygens (including phenoxy) is 1. The minimum Gasteiger partial charge on any atom is -0.507 e. The second kappa shape index (κ2) is 11.3. The van der Waals surface area contributed by atoms with Gasteiger partial charge in [-0.15, -0.1) is 0 Å². The van der Waals surface area contributed by atoms with E-state index in [9.17, 15) is 19.5 Å². The lowest BCUT2D eigenvalue weighted by Gasteiger charge is -2.13. The second-order valence-corrected chi connectivity index (χ2v) is 8.74. The van der Waals surface area contributed by atoms with Crippen LogP contribution in [0.15, 0.2) is 65.7 Å². The van der Waals surface area contributed by atoms with Gasteiger partial charge in [0.2, 0.25) is 0 Å². The maximum absolute atomic E-state index is 12.9. The summed E-state index contributed by atoms with van der Waals surface area (Å²) in [6.07, 6.45) is 2.65. The monoisotopic (exact) mass is 553 g/mol. The van der Waals surface area contributed by atoms with E-state index in [-0.39, 0.29) is 39.3 Å². The van der Waals surface area contributed by atoms with Crippen LogP contribution in [-0.4, -0.2) is 39.0 Å². The zero-order valence-corrected chi connectivity index (χ0v) is 21.7. The largest absolute Gasteiger partial charge is 0.507 e.